The number of fused-ring (bicyclic) bond motifs is 1. The maximum Gasteiger partial charge on any atom is 0.261 e. The molecule has 1 aliphatic carbocycles. The first-order chi connectivity index (χ1) is 8.77. The van der Waals surface area contributed by atoms with Gasteiger partial charge in [-0.15, -0.1) is 0 Å². The van der Waals surface area contributed by atoms with Gasteiger partial charge in [0.15, 0.2) is 0 Å². The number of aromatic nitrogens is 2. The normalized spacial score (nSPS) is 14.6. The number of nitrogens with zero attached hydrogens (tertiary/aromatic N) is 2. The van der Waals surface area contributed by atoms with Crippen LogP contribution in [-0.2, 0) is 17.6 Å². The molecule has 1 aliphatic rings. The van der Waals surface area contributed by atoms with Crippen molar-refractivity contribution in [2.45, 2.75) is 32.1 Å². The molecule has 1 heterocycles. The van der Waals surface area contributed by atoms with Crippen molar-refractivity contribution in [1.82, 2.24) is 9.97 Å². The zero-order valence-electron chi connectivity index (χ0n) is 10.2. The first kappa shape index (κ1) is 13.1. The van der Waals surface area contributed by atoms with E-state index in [-0.39, 0.29) is 6.61 Å². The van der Waals surface area contributed by atoms with Crippen LogP contribution in [0.1, 0.15) is 24.1 Å². The van der Waals surface area contributed by atoms with Crippen molar-refractivity contribution >= 4 is 5.82 Å². The molecule has 0 atom stereocenters. The van der Waals surface area contributed by atoms with Crippen LogP contribution in [0.2, 0.25) is 0 Å². The number of ether oxygens (including phenoxy) is 1. The number of halogens is 2. The van der Waals surface area contributed by atoms with E-state index < -0.39 is 13.0 Å². The Morgan fingerprint density at radius 2 is 2.11 bits per heavy atom. The summed E-state index contributed by atoms with van der Waals surface area (Å²) in [6, 6.07) is 0. The second-order valence-electron chi connectivity index (χ2n) is 4.25. The maximum absolute atomic E-state index is 11.8. The molecule has 0 amide bonds. The fourth-order valence-electron chi connectivity index (χ4n) is 2.09. The fraction of sp³-hybridized carbons (Fsp3) is 0.667. The molecule has 0 saturated carbocycles. The Morgan fingerprint density at radius 3 is 2.94 bits per heavy atom. The average molecular weight is 257 g/mol. The van der Waals surface area contributed by atoms with Crippen LogP contribution in [0, 0.1) is 0 Å². The molecule has 1 aromatic rings. The third kappa shape index (κ3) is 3.60. The molecule has 1 aromatic heterocycles. The monoisotopic (exact) mass is 257 g/mol. The van der Waals surface area contributed by atoms with Crippen molar-refractivity contribution in [1.29, 1.82) is 0 Å². The third-order valence-corrected chi connectivity index (χ3v) is 2.91. The molecule has 4 nitrogen and oxygen atoms in total. The molecular formula is C12H17F2N3O. The highest BCUT2D eigenvalue weighted by molar-refractivity contribution is 5.46. The summed E-state index contributed by atoms with van der Waals surface area (Å²) in [7, 11) is 0. The van der Waals surface area contributed by atoms with Crippen LogP contribution in [0.4, 0.5) is 14.6 Å². The van der Waals surface area contributed by atoms with E-state index in [1.807, 2.05) is 0 Å². The molecule has 0 unspecified atom stereocenters. The van der Waals surface area contributed by atoms with Crippen molar-refractivity contribution in [2.24, 2.45) is 0 Å². The second kappa shape index (κ2) is 6.58. The SMILES string of the molecule is FC(F)COCCNc1ncnc2c1CCCC2. The molecule has 6 heteroatoms. The standard InChI is InChI=1S/C12H17F2N3O/c13-11(14)7-18-6-5-15-12-9-3-1-2-4-10(9)16-8-17-12/h8,11H,1-7H2,(H,15,16,17). The van der Waals surface area contributed by atoms with E-state index in [1.165, 1.54) is 6.42 Å². The van der Waals surface area contributed by atoms with E-state index in [0.717, 1.165) is 36.3 Å². The van der Waals surface area contributed by atoms with Gasteiger partial charge in [0.25, 0.3) is 6.43 Å². The molecule has 1 N–H and O–H groups in total. The summed E-state index contributed by atoms with van der Waals surface area (Å²) in [6.07, 6.45) is 3.44. The summed E-state index contributed by atoms with van der Waals surface area (Å²) >= 11 is 0. The Labute approximate surface area is 105 Å². The molecule has 0 saturated heterocycles. The van der Waals surface area contributed by atoms with E-state index in [9.17, 15) is 8.78 Å². The number of hydrogen-bond donors (Lipinski definition) is 1. The highest BCUT2D eigenvalue weighted by Gasteiger charge is 2.14. The van der Waals surface area contributed by atoms with Crippen molar-refractivity contribution in [3.8, 4) is 0 Å². The van der Waals surface area contributed by atoms with Gasteiger partial charge < -0.3 is 10.1 Å². The van der Waals surface area contributed by atoms with Crippen LogP contribution in [0.15, 0.2) is 6.33 Å². The lowest BCUT2D eigenvalue weighted by Gasteiger charge is -2.17. The van der Waals surface area contributed by atoms with Gasteiger partial charge in [0.1, 0.15) is 18.8 Å². The summed E-state index contributed by atoms with van der Waals surface area (Å²) in [6.45, 7) is 0.225. The number of aryl methyl sites for hydroxylation is 1. The number of alkyl halides is 2. The minimum Gasteiger partial charge on any atom is -0.374 e. The molecule has 18 heavy (non-hydrogen) atoms. The van der Waals surface area contributed by atoms with Gasteiger partial charge >= 0.3 is 0 Å². The smallest absolute Gasteiger partial charge is 0.261 e. The van der Waals surface area contributed by atoms with Crippen molar-refractivity contribution < 1.29 is 13.5 Å². The number of rotatable bonds is 6. The molecule has 100 valence electrons. The Kier molecular flexibility index (Phi) is 4.81. The Balaban J connectivity index is 1.82. The molecule has 0 fully saturated rings. The number of nitrogens with one attached hydrogen (secondary N) is 1. The highest BCUT2D eigenvalue weighted by atomic mass is 19.3. The molecule has 0 aliphatic heterocycles. The second-order valence-corrected chi connectivity index (χ2v) is 4.25. The number of anilines is 1. The summed E-state index contributed by atoms with van der Waals surface area (Å²) < 4.78 is 28.5. The molecule has 0 bridgehead atoms. The molecule has 0 radical (unpaired) electrons. The first-order valence-corrected chi connectivity index (χ1v) is 6.20. The highest BCUT2D eigenvalue weighted by Crippen LogP contribution is 2.23. The molecular weight excluding hydrogens is 240 g/mol. The predicted molar refractivity (Wildman–Crippen MR) is 64.0 cm³/mol. The predicted octanol–water partition coefficient (Wildman–Crippen LogP) is 2.05. The lowest BCUT2D eigenvalue weighted by molar-refractivity contribution is 0.0214. The van der Waals surface area contributed by atoms with Crippen LogP contribution in [0.25, 0.3) is 0 Å². The lowest BCUT2D eigenvalue weighted by atomic mass is 9.96. The third-order valence-electron chi connectivity index (χ3n) is 2.91. The van der Waals surface area contributed by atoms with Gasteiger partial charge in [0.05, 0.1) is 6.61 Å². The minimum atomic E-state index is -2.41. The first-order valence-electron chi connectivity index (χ1n) is 6.20. The van der Waals surface area contributed by atoms with Crippen molar-refractivity contribution in [3.63, 3.8) is 0 Å². The molecule has 2 rings (SSSR count). The van der Waals surface area contributed by atoms with Gasteiger partial charge in [-0.25, -0.2) is 18.7 Å². The van der Waals surface area contributed by atoms with Gasteiger partial charge in [-0.05, 0) is 25.7 Å². The molecule has 0 aromatic carbocycles. The van der Waals surface area contributed by atoms with Gasteiger partial charge in [-0.2, -0.15) is 0 Å². The van der Waals surface area contributed by atoms with E-state index in [2.05, 4.69) is 15.3 Å². The summed E-state index contributed by atoms with van der Waals surface area (Å²) in [4.78, 5) is 8.46. The minimum absolute atomic E-state index is 0.253. The van der Waals surface area contributed by atoms with Crippen LogP contribution in [0.3, 0.4) is 0 Å². The van der Waals surface area contributed by atoms with E-state index in [4.69, 9.17) is 4.74 Å². The van der Waals surface area contributed by atoms with Crippen LogP contribution in [-0.4, -0.2) is 36.2 Å². The summed E-state index contributed by atoms with van der Waals surface area (Å²) in [5, 5.41) is 3.13. The Bertz CT molecular complexity index is 388. The fourth-order valence-corrected chi connectivity index (χ4v) is 2.09. The van der Waals surface area contributed by atoms with Gasteiger partial charge in [0, 0.05) is 17.8 Å². The van der Waals surface area contributed by atoms with Crippen LogP contribution in [0.5, 0.6) is 0 Å². The van der Waals surface area contributed by atoms with Crippen LogP contribution >= 0.6 is 0 Å². The molecule has 0 spiro atoms. The number of hydrogen-bond acceptors (Lipinski definition) is 4. The Morgan fingerprint density at radius 1 is 1.28 bits per heavy atom. The average Bonchev–Trinajstić information content (AvgIpc) is 2.38. The quantitative estimate of drug-likeness (QED) is 0.792. The van der Waals surface area contributed by atoms with Gasteiger partial charge in [0.2, 0.25) is 0 Å². The summed E-state index contributed by atoms with van der Waals surface area (Å²) in [5.41, 5.74) is 2.27. The Hall–Kier alpha value is -1.30. The van der Waals surface area contributed by atoms with Gasteiger partial charge in [-0.1, -0.05) is 0 Å². The maximum atomic E-state index is 11.8. The van der Waals surface area contributed by atoms with Crippen LogP contribution < -0.4 is 5.32 Å². The van der Waals surface area contributed by atoms with E-state index in [0.29, 0.717) is 6.54 Å². The van der Waals surface area contributed by atoms with Gasteiger partial charge in [-0.3, -0.25) is 0 Å². The topological polar surface area (TPSA) is 47.0 Å². The van der Waals surface area contributed by atoms with E-state index in [1.54, 1.807) is 6.33 Å². The van der Waals surface area contributed by atoms with Crippen molar-refractivity contribution in [2.75, 3.05) is 25.1 Å². The lowest BCUT2D eigenvalue weighted by Crippen LogP contribution is -2.16. The largest absolute Gasteiger partial charge is 0.374 e. The van der Waals surface area contributed by atoms with Crippen molar-refractivity contribution in [3.05, 3.63) is 17.6 Å². The zero-order valence-corrected chi connectivity index (χ0v) is 10.2. The zero-order chi connectivity index (χ0) is 12.8. The summed E-state index contributed by atoms with van der Waals surface area (Å²) in [5.74, 6) is 0.820. The van der Waals surface area contributed by atoms with E-state index >= 15 is 0 Å².